The second-order valence-corrected chi connectivity index (χ2v) is 5.88. The smallest absolute Gasteiger partial charge is 0.289 e. The van der Waals surface area contributed by atoms with Gasteiger partial charge in [-0.15, -0.1) is 0 Å². The number of halogens is 1. The molecule has 0 aliphatic heterocycles. The molecule has 1 saturated carbocycles. The van der Waals surface area contributed by atoms with E-state index in [1.54, 1.807) is 0 Å². The van der Waals surface area contributed by atoms with Crippen molar-refractivity contribution in [2.24, 2.45) is 0 Å². The van der Waals surface area contributed by atoms with E-state index in [1.807, 2.05) is 0 Å². The summed E-state index contributed by atoms with van der Waals surface area (Å²) < 4.78 is 0. The number of nitrogens with one attached hydrogen (secondary N) is 2. The molecule has 7 nitrogen and oxygen atoms in total. The molecule has 1 aliphatic carbocycles. The maximum Gasteiger partial charge on any atom is 0.289 e. The van der Waals surface area contributed by atoms with Crippen molar-refractivity contribution in [3.05, 3.63) is 33.3 Å². The largest absolute Gasteiger partial charge is 0.394 e. The van der Waals surface area contributed by atoms with Crippen LogP contribution in [0.1, 0.15) is 25.7 Å². The molecule has 0 heterocycles. The van der Waals surface area contributed by atoms with Gasteiger partial charge in [0.15, 0.2) is 0 Å². The third-order valence-electron chi connectivity index (χ3n) is 3.91. The van der Waals surface area contributed by atoms with Crippen LogP contribution in [-0.2, 0) is 4.79 Å². The zero-order valence-electron chi connectivity index (χ0n) is 12.0. The molecule has 0 unspecified atom stereocenters. The van der Waals surface area contributed by atoms with Gasteiger partial charge < -0.3 is 15.7 Å². The number of aliphatic hydroxyl groups is 1. The van der Waals surface area contributed by atoms with E-state index >= 15 is 0 Å². The van der Waals surface area contributed by atoms with Gasteiger partial charge in [-0.3, -0.25) is 14.9 Å². The molecule has 22 heavy (non-hydrogen) atoms. The fraction of sp³-hybridized carbons (Fsp3) is 0.500. The number of rotatable bonds is 6. The molecule has 0 bridgehead atoms. The lowest BCUT2D eigenvalue weighted by atomic mass is 9.99. The van der Waals surface area contributed by atoms with Gasteiger partial charge >= 0.3 is 0 Å². The van der Waals surface area contributed by atoms with Gasteiger partial charge in [-0.25, -0.2) is 0 Å². The molecule has 120 valence electrons. The number of hydrogen-bond donors (Lipinski definition) is 3. The molecule has 8 heteroatoms. The van der Waals surface area contributed by atoms with Crippen molar-refractivity contribution >= 4 is 28.9 Å². The van der Waals surface area contributed by atoms with Crippen LogP contribution in [0.3, 0.4) is 0 Å². The van der Waals surface area contributed by atoms with Gasteiger partial charge in [-0.1, -0.05) is 24.4 Å². The van der Waals surface area contributed by atoms with Crippen LogP contribution < -0.4 is 10.6 Å². The SMILES string of the molecule is O=C(CNC1(CO)CCCC1)Nc1ccc(Cl)c([N+](=O)[O-])c1. The molecule has 3 N–H and O–H groups in total. The second-order valence-electron chi connectivity index (χ2n) is 5.47. The van der Waals surface area contributed by atoms with Crippen molar-refractivity contribution < 1.29 is 14.8 Å². The number of aliphatic hydroxyl groups excluding tert-OH is 1. The Kier molecular flexibility index (Phi) is 5.33. The summed E-state index contributed by atoms with van der Waals surface area (Å²) in [5, 5.41) is 26.0. The van der Waals surface area contributed by atoms with Crippen LogP contribution in [0.5, 0.6) is 0 Å². The fourth-order valence-corrected chi connectivity index (χ4v) is 2.83. The minimum absolute atomic E-state index is 0.00725. The first-order chi connectivity index (χ1) is 10.5. The number of nitrogens with zero attached hydrogens (tertiary/aromatic N) is 1. The molecule has 2 rings (SSSR count). The maximum absolute atomic E-state index is 11.9. The molecule has 1 fully saturated rings. The molecule has 1 amide bonds. The predicted octanol–water partition coefficient (Wildman–Crippen LogP) is 2.08. The first kappa shape index (κ1) is 16.7. The van der Waals surface area contributed by atoms with Crippen molar-refractivity contribution in [2.75, 3.05) is 18.5 Å². The van der Waals surface area contributed by atoms with Gasteiger partial charge in [0.05, 0.1) is 18.1 Å². The zero-order valence-corrected chi connectivity index (χ0v) is 12.7. The quantitative estimate of drug-likeness (QED) is 0.548. The topological polar surface area (TPSA) is 104 Å². The summed E-state index contributed by atoms with van der Waals surface area (Å²) in [7, 11) is 0. The highest BCUT2D eigenvalue weighted by molar-refractivity contribution is 6.32. The Balaban J connectivity index is 1.95. The number of benzene rings is 1. The average Bonchev–Trinajstić information content (AvgIpc) is 2.96. The third-order valence-corrected chi connectivity index (χ3v) is 4.23. The second kappa shape index (κ2) is 7.04. The summed E-state index contributed by atoms with van der Waals surface area (Å²) in [5.41, 5.74) is -0.328. The minimum atomic E-state index is -0.602. The van der Waals surface area contributed by atoms with Crippen LogP contribution in [0.15, 0.2) is 18.2 Å². The van der Waals surface area contributed by atoms with Crippen LogP contribution in [0.4, 0.5) is 11.4 Å². The molecular weight excluding hydrogens is 310 g/mol. The van der Waals surface area contributed by atoms with E-state index in [2.05, 4.69) is 10.6 Å². The standard InChI is InChI=1S/C14H18ClN3O4/c15-11-4-3-10(7-12(11)18(21)22)17-13(20)8-16-14(9-19)5-1-2-6-14/h3-4,7,16,19H,1-2,5-6,8-9H2,(H,17,20). The molecule has 1 aliphatic rings. The van der Waals surface area contributed by atoms with E-state index in [4.69, 9.17) is 11.6 Å². The summed E-state index contributed by atoms with van der Waals surface area (Å²) in [6.45, 7) is 0.0314. The summed E-state index contributed by atoms with van der Waals surface area (Å²) in [5.74, 6) is -0.323. The van der Waals surface area contributed by atoms with Crippen LogP contribution >= 0.6 is 11.6 Å². The Bertz CT molecular complexity index is 573. The van der Waals surface area contributed by atoms with Gasteiger partial charge in [0, 0.05) is 17.3 Å². The zero-order chi connectivity index (χ0) is 16.2. The minimum Gasteiger partial charge on any atom is -0.394 e. The van der Waals surface area contributed by atoms with Crippen LogP contribution in [0.2, 0.25) is 5.02 Å². The van der Waals surface area contributed by atoms with E-state index in [-0.39, 0.29) is 35.3 Å². The van der Waals surface area contributed by atoms with E-state index in [9.17, 15) is 20.0 Å². The number of anilines is 1. The van der Waals surface area contributed by atoms with E-state index < -0.39 is 4.92 Å². The third kappa shape index (κ3) is 3.94. The average molecular weight is 328 g/mol. The number of nitro benzene ring substituents is 1. The number of hydrogen-bond acceptors (Lipinski definition) is 5. The lowest BCUT2D eigenvalue weighted by Gasteiger charge is -2.27. The van der Waals surface area contributed by atoms with Crippen LogP contribution in [0, 0.1) is 10.1 Å². The lowest BCUT2D eigenvalue weighted by molar-refractivity contribution is -0.384. The molecule has 1 aromatic rings. The van der Waals surface area contributed by atoms with Crippen LogP contribution in [0.25, 0.3) is 0 Å². The van der Waals surface area contributed by atoms with Gasteiger partial charge in [0.25, 0.3) is 5.69 Å². The van der Waals surface area contributed by atoms with Crippen LogP contribution in [-0.4, -0.2) is 34.6 Å². The maximum atomic E-state index is 11.9. The van der Waals surface area contributed by atoms with E-state index in [0.29, 0.717) is 5.69 Å². The first-order valence-corrected chi connectivity index (χ1v) is 7.43. The Labute approximate surface area is 132 Å². The van der Waals surface area contributed by atoms with Gasteiger partial charge in [-0.2, -0.15) is 0 Å². The van der Waals surface area contributed by atoms with Gasteiger partial charge in [-0.05, 0) is 25.0 Å². The summed E-state index contributed by atoms with van der Waals surface area (Å²) in [6, 6.07) is 4.09. The molecule has 1 aromatic carbocycles. The van der Waals surface area contributed by atoms with Crippen molar-refractivity contribution in [1.82, 2.24) is 5.32 Å². The normalized spacial score (nSPS) is 16.5. The number of nitro groups is 1. The Morgan fingerprint density at radius 2 is 2.09 bits per heavy atom. The van der Waals surface area contributed by atoms with Crippen molar-refractivity contribution in [3.63, 3.8) is 0 Å². The first-order valence-electron chi connectivity index (χ1n) is 7.05. The van der Waals surface area contributed by atoms with E-state index in [0.717, 1.165) is 25.7 Å². The molecule has 0 atom stereocenters. The molecule has 0 radical (unpaired) electrons. The Morgan fingerprint density at radius 1 is 1.41 bits per heavy atom. The van der Waals surface area contributed by atoms with Crippen molar-refractivity contribution in [1.29, 1.82) is 0 Å². The molecule has 0 saturated heterocycles. The summed E-state index contributed by atoms with van der Waals surface area (Å²) in [4.78, 5) is 22.1. The highest BCUT2D eigenvalue weighted by Crippen LogP contribution is 2.29. The number of carbonyl (C=O) groups excluding carboxylic acids is 1. The Hall–Kier alpha value is -1.70. The predicted molar refractivity (Wildman–Crippen MR) is 83.0 cm³/mol. The summed E-state index contributed by atoms with van der Waals surface area (Å²) >= 11 is 5.72. The molecule has 0 aromatic heterocycles. The van der Waals surface area contributed by atoms with Crippen molar-refractivity contribution in [2.45, 2.75) is 31.2 Å². The van der Waals surface area contributed by atoms with Crippen molar-refractivity contribution in [3.8, 4) is 0 Å². The Morgan fingerprint density at radius 3 is 2.68 bits per heavy atom. The molecular formula is C14H18ClN3O4. The highest BCUT2D eigenvalue weighted by atomic mass is 35.5. The lowest BCUT2D eigenvalue weighted by Crippen LogP contribution is -2.49. The monoisotopic (exact) mass is 327 g/mol. The summed E-state index contributed by atoms with van der Waals surface area (Å²) in [6.07, 6.45) is 3.73. The molecule has 0 spiro atoms. The van der Waals surface area contributed by atoms with Gasteiger partial charge in [0.2, 0.25) is 5.91 Å². The number of amides is 1. The fourth-order valence-electron chi connectivity index (χ4n) is 2.65. The number of carbonyl (C=O) groups is 1. The highest BCUT2D eigenvalue weighted by Gasteiger charge is 2.32. The van der Waals surface area contributed by atoms with E-state index in [1.165, 1.54) is 18.2 Å². The van der Waals surface area contributed by atoms with Gasteiger partial charge in [0.1, 0.15) is 5.02 Å².